The van der Waals surface area contributed by atoms with Crippen LogP contribution in [0.3, 0.4) is 0 Å². The molecule has 2 heteroatoms. The molecule has 0 N–H and O–H groups in total. The zero-order valence-corrected chi connectivity index (χ0v) is 9.95. The monoisotopic (exact) mass is 206 g/mol. The average Bonchev–Trinajstić information content (AvgIpc) is 2.89. The molecule has 0 unspecified atom stereocenters. The van der Waals surface area contributed by atoms with Crippen LogP contribution in [-0.4, -0.2) is 9.78 Å². The van der Waals surface area contributed by atoms with Crippen molar-refractivity contribution in [3.63, 3.8) is 0 Å². The molecular weight excluding hydrogens is 184 g/mol. The molecule has 1 fully saturated rings. The van der Waals surface area contributed by atoms with Crippen molar-refractivity contribution < 1.29 is 0 Å². The molecule has 1 aromatic rings. The Hall–Kier alpha value is -0.790. The lowest BCUT2D eigenvalue weighted by atomic mass is 10.1. The Morgan fingerprint density at radius 1 is 1.33 bits per heavy atom. The molecule has 0 amide bonds. The van der Waals surface area contributed by atoms with Crippen LogP contribution in [0.25, 0.3) is 0 Å². The quantitative estimate of drug-likeness (QED) is 0.730. The van der Waals surface area contributed by atoms with Gasteiger partial charge in [-0.25, -0.2) is 0 Å². The molecule has 1 aliphatic rings. The third-order valence-electron chi connectivity index (χ3n) is 3.72. The maximum atomic E-state index is 4.75. The van der Waals surface area contributed by atoms with Crippen LogP contribution in [0.1, 0.15) is 70.0 Å². The van der Waals surface area contributed by atoms with E-state index in [1.54, 1.807) is 0 Å². The Balaban J connectivity index is 2.08. The Labute approximate surface area is 92.7 Å². The van der Waals surface area contributed by atoms with Crippen molar-refractivity contribution in [2.24, 2.45) is 0 Å². The van der Waals surface area contributed by atoms with Gasteiger partial charge in [-0.05, 0) is 31.7 Å². The summed E-state index contributed by atoms with van der Waals surface area (Å²) < 4.78 is 2.17. The van der Waals surface area contributed by atoms with Gasteiger partial charge in [-0.3, -0.25) is 4.68 Å². The summed E-state index contributed by atoms with van der Waals surface area (Å²) in [5, 5.41) is 4.75. The summed E-state index contributed by atoms with van der Waals surface area (Å²) in [5.41, 5.74) is 1.33. The van der Waals surface area contributed by atoms with E-state index in [4.69, 9.17) is 5.10 Å². The lowest BCUT2D eigenvalue weighted by Gasteiger charge is -2.13. The Bertz CT molecular complexity index is 277. The molecule has 1 saturated carbocycles. The first kappa shape index (κ1) is 10.7. The highest BCUT2D eigenvalue weighted by Gasteiger charge is 2.20. The van der Waals surface area contributed by atoms with Crippen LogP contribution in [0.2, 0.25) is 0 Å². The van der Waals surface area contributed by atoms with Gasteiger partial charge in [0.15, 0.2) is 0 Å². The fraction of sp³-hybridized carbons (Fsp3) is 0.769. The van der Waals surface area contributed by atoms with E-state index in [2.05, 4.69) is 30.8 Å². The SMILES string of the molecule is CCC(CC)n1ccc(C2CCCC2)n1. The summed E-state index contributed by atoms with van der Waals surface area (Å²) in [4.78, 5) is 0. The highest BCUT2D eigenvalue weighted by Crippen LogP contribution is 2.33. The van der Waals surface area contributed by atoms with Crippen molar-refractivity contribution >= 4 is 0 Å². The van der Waals surface area contributed by atoms with Gasteiger partial charge in [-0.2, -0.15) is 5.10 Å². The molecule has 0 atom stereocenters. The minimum atomic E-state index is 0.597. The van der Waals surface area contributed by atoms with Gasteiger partial charge in [0.05, 0.1) is 11.7 Å². The lowest BCUT2D eigenvalue weighted by Crippen LogP contribution is -2.08. The molecule has 0 bridgehead atoms. The number of hydrogen-bond donors (Lipinski definition) is 0. The van der Waals surface area contributed by atoms with Gasteiger partial charge in [0.1, 0.15) is 0 Å². The van der Waals surface area contributed by atoms with Crippen LogP contribution in [-0.2, 0) is 0 Å². The largest absolute Gasteiger partial charge is 0.269 e. The lowest BCUT2D eigenvalue weighted by molar-refractivity contribution is 0.422. The van der Waals surface area contributed by atoms with Crippen LogP contribution in [0, 0.1) is 0 Å². The van der Waals surface area contributed by atoms with E-state index in [1.807, 2.05) is 0 Å². The van der Waals surface area contributed by atoms with E-state index >= 15 is 0 Å². The number of rotatable bonds is 4. The first-order valence-electron chi connectivity index (χ1n) is 6.40. The summed E-state index contributed by atoms with van der Waals surface area (Å²) in [6.45, 7) is 4.48. The van der Waals surface area contributed by atoms with Crippen molar-refractivity contribution in [3.8, 4) is 0 Å². The highest BCUT2D eigenvalue weighted by atomic mass is 15.3. The second kappa shape index (κ2) is 4.82. The molecule has 84 valence electrons. The van der Waals surface area contributed by atoms with Crippen LogP contribution in [0.15, 0.2) is 12.3 Å². The van der Waals surface area contributed by atoms with Crippen LogP contribution < -0.4 is 0 Å². The summed E-state index contributed by atoms with van der Waals surface area (Å²) in [6.07, 6.45) is 10.0. The molecule has 0 spiro atoms. The second-order valence-corrected chi connectivity index (χ2v) is 4.67. The fourth-order valence-electron chi connectivity index (χ4n) is 2.66. The Morgan fingerprint density at radius 2 is 2.00 bits per heavy atom. The molecule has 0 aromatic carbocycles. The highest BCUT2D eigenvalue weighted by molar-refractivity contribution is 5.08. The van der Waals surface area contributed by atoms with Crippen LogP contribution >= 0.6 is 0 Å². The van der Waals surface area contributed by atoms with Gasteiger partial charge >= 0.3 is 0 Å². The number of nitrogens with zero attached hydrogens (tertiary/aromatic N) is 2. The van der Waals surface area contributed by atoms with Gasteiger partial charge in [-0.15, -0.1) is 0 Å². The third-order valence-corrected chi connectivity index (χ3v) is 3.72. The molecule has 1 aromatic heterocycles. The van der Waals surface area contributed by atoms with E-state index in [1.165, 1.54) is 44.2 Å². The molecule has 15 heavy (non-hydrogen) atoms. The molecule has 1 aliphatic carbocycles. The average molecular weight is 206 g/mol. The number of hydrogen-bond acceptors (Lipinski definition) is 1. The zero-order chi connectivity index (χ0) is 10.7. The van der Waals surface area contributed by atoms with E-state index < -0.39 is 0 Å². The first-order valence-corrected chi connectivity index (χ1v) is 6.40. The molecular formula is C13H22N2. The van der Waals surface area contributed by atoms with Gasteiger partial charge in [0.2, 0.25) is 0 Å². The Kier molecular flexibility index (Phi) is 3.45. The zero-order valence-electron chi connectivity index (χ0n) is 9.95. The van der Waals surface area contributed by atoms with Crippen molar-refractivity contribution in [1.29, 1.82) is 0 Å². The predicted octanol–water partition coefficient (Wildman–Crippen LogP) is 3.90. The first-order chi connectivity index (χ1) is 7.35. The van der Waals surface area contributed by atoms with Gasteiger partial charge < -0.3 is 0 Å². The summed E-state index contributed by atoms with van der Waals surface area (Å²) in [7, 11) is 0. The number of aromatic nitrogens is 2. The van der Waals surface area contributed by atoms with Gasteiger partial charge in [0.25, 0.3) is 0 Å². The molecule has 1 heterocycles. The molecule has 2 nitrogen and oxygen atoms in total. The molecule has 0 aliphatic heterocycles. The standard InChI is InChI=1S/C13H22N2/c1-3-12(4-2)15-10-9-13(14-15)11-7-5-6-8-11/h9-12H,3-8H2,1-2H3. The molecule has 0 saturated heterocycles. The van der Waals surface area contributed by atoms with E-state index in [9.17, 15) is 0 Å². The minimum absolute atomic E-state index is 0.597. The van der Waals surface area contributed by atoms with Crippen molar-refractivity contribution in [3.05, 3.63) is 18.0 Å². The van der Waals surface area contributed by atoms with E-state index in [0.29, 0.717) is 6.04 Å². The Morgan fingerprint density at radius 3 is 2.60 bits per heavy atom. The topological polar surface area (TPSA) is 17.8 Å². The van der Waals surface area contributed by atoms with Crippen LogP contribution in [0.5, 0.6) is 0 Å². The third kappa shape index (κ3) is 2.24. The molecule has 2 rings (SSSR count). The van der Waals surface area contributed by atoms with Gasteiger partial charge in [0, 0.05) is 12.1 Å². The maximum Gasteiger partial charge on any atom is 0.0655 e. The van der Waals surface area contributed by atoms with Crippen molar-refractivity contribution in [1.82, 2.24) is 9.78 Å². The van der Waals surface area contributed by atoms with E-state index in [0.717, 1.165) is 5.92 Å². The second-order valence-electron chi connectivity index (χ2n) is 4.67. The van der Waals surface area contributed by atoms with Crippen molar-refractivity contribution in [2.45, 2.75) is 64.3 Å². The maximum absolute atomic E-state index is 4.75. The van der Waals surface area contributed by atoms with E-state index in [-0.39, 0.29) is 0 Å². The summed E-state index contributed by atoms with van der Waals surface area (Å²) >= 11 is 0. The molecule has 0 radical (unpaired) electrons. The van der Waals surface area contributed by atoms with Crippen molar-refractivity contribution in [2.75, 3.05) is 0 Å². The predicted molar refractivity (Wildman–Crippen MR) is 63.1 cm³/mol. The smallest absolute Gasteiger partial charge is 0.0655 e. The van der Waals surface area contributed by atoms with Crippen LogP contribution in [0.4, 0.5) is 0 Å². The summed E-state index contributed by atoms with van der Waals surface area (Å²) in [5.74, 6) is 0.751. The summed E-state index contributed by atoms with van der Waals surface area (Å²) in [6, 6.07) is 2.83. The fourth-order valence-corrected chi connectivity index (χ4v) is 2.66. The normalized spacial score (nSPS) is 17.8. The minimum Gasteiger partial charge on any atom is -0.269 e. The van der Waals surface area contributed by atoms with Gasteiger partial charge in [-0.1, -0.05) is 26.7 Å².